The van der Waals surface area contributed by atoms with Gasteiger partial charge < -0.3 is 0 Å². The first kappa shape index (κ1) is 20.4. The highest BCUT2D eigenvalue weighted by molar-refractivity contribution is 5.30. The predicted molar refractivity (Wildman–Crippen MR) is 102 cm³/mol. The van der Waals surface area contributed by atoms with E-state index >= 15 is 0 Å². The molecule has 0 saturated heterocycles. The number of benzene rings is 1. The van der Waals surface area contributed by atoms with Crippen LogP contribution in [0.3, 0.4) is 0 Å². The highest BCUT2D eigenvalue weighted by Gasteiger charge is 2.02. The molecule has 1 unspecified atom stereocenters. The van der Waals surface area contributed by atoms with E-state index in [-0.39, 0.29) is 0 Å². The third kappa shape index (κ3) is 8.02. The zero-order valence-electron chi connectivity index (χ0n) is 15.4. The summed E-state index contributed by atoms with van der Waals surface area (Å²) < 4.78 is 0. The van der Waals surface area contributed by atoms with E-state index in [9.17, 15) is 0 Å². The molecular weight excluding hydrogens is 264 g/mol. The summed E-state index contributed by atoms with van der Waals surface area (Å²) >= 11 is 0. The average Bonchev–Trinajstić information content (AvgIpc) is 2.51. The Labute approximate surface area is 138 Å². The van der Waals surface area contributed by atoms with Crippen molar-refractivity contribution in [2.45, 2.75) is 60.8 Å². The van der Waals surface area contributed by atoms with Crippen LogP contribution in [0, 0.1) is 19.8 Å². The maximum absolute atomic E-state index is 3.66. The van der Waals surface area contributed by atoms with Crippen molar-refractivity contribution in [3.63, 3.8) is 0 Å². The van der Waals surface area contributed by atoms with Crippen molar-refractivity contribution in [1.29, 1.82) is 0 Å². The van der Waals surface area contributed by atoms with Crippen molar-refractivity contribution in [2.75, 3.05) is 0 Å². The summed E-state index contributed by atoms with van der Waals surface area (Å²) in [6.45, 7) is 16.7. The second-order valence-electron chi connectivity index (χ2n) is 5.86. The lowest BCUT2D eigenvalue weighted by atomic mass is 9.96. The van der Waals surface area contributed by atoms with Crippen molar-refractivity contribution in [2.24, 2.45) is 5.92 Å². The summed E-state index contributed by atoms with van der Waals surface area (Å²) in [5.41, 5.74) is 5.66. The molecule has 0 saturated carbocycles. The van der Waals surface area contributed by atoms with Gasteiger partial charge in [-0.15, -0.1) is 0 Å². The summed E-state index contributed by atoms with van der Waals surface area (Å²) in [6, 6.07) is 6.61. The van der Waals surface area contributed by atoms with E-state index in [0.29, 0.717) is 5.92 Å². The Kier molecular flexibility index (Phi) is 11.2. The van der Waals surface area contributed by atoms with E-state index in [1.54, 1.807) is 0 Å². The third-order valence-electron chi connectivity index (χ3n) is 3.93. The topological polar surface area (TPSA) is 0 Å². The lowest BCUT2D eigenvalue weighted by molar-refractivity contribution is 0.612. The molecular formula is C22H34. The van der Waals surface area contributed by atoms with Gasteiger partial charge in [0, 0.05) is 0 Å². The molecule has 0 bridgehead atoms. The molecule has 0 aliphatic rings. The van der Waals surface area contributed by atoms with Crippen LogP contribution in [-0.4, -0.2) is 0 Å². The van der Waals surface area contributed by atoms with Crippen LogP contribution in [0.5, 0.6) is 0 Å². The first-order valence-electron chi connectivity index (χ1n) is 8.51. The van der Waals surface area contributed by atoms with Crippen LogP contribution < -0.4 is 0 Å². The van der Waals surface area contributed by atoms with Gasteiger partial charge in [-0.05, 0) is 56.2 Å². The van der Waals surface area contributed by atoms with Crippen molar-refractivity contribution in [3.8, 4) is 0 Å². The molecule has 0 heteroatoms. The summed E-state index contributed by atoms with van der Waals surface area (Å²) in [6.07, 6.45) is 11.8. The van der Waals surface area contributed by atoms with Crippen molar-refractivity contribution in [3.05, 3.63) is 71.3 Å². The monoisotopic (exact) mass is 298 g/mol. The van der Waals surface area contributed by atoms with Crippen LogP contribution in [0.2, 0.25) is 0 Å². The van der Waals surface area contributed by atoms with Crippen LogP contribution >= 0.6 is 0 Å². The quantitative estimate of drug-likeness (QED) is 0.497. The fourth-order valence-electron chi connectivity index (χ4n) is 2.50. The molecule has 1 atom stereocenters. The minimum atomic E-state index is 0.677. The number of hydrogen-bond donors (Lipinski definition) is 0. The minimum absolute atomic E-state index is 0.677. The van der Waals surface area contributed by atoms with Gasteiger partial charge in [-0.2, -0.15) is 0 Å². The largest absolute Gasteiger partial charge is 0.0991 e. The van der Waals surface area contributed by atoms with Crippen molar-refractivity contribution < 1.29 is 0 Å². The fraction of sp³-hybridized carbons (Fsp3) is 0.455. The molecule has 22 heavy (non-hydrogen) atoms. The standard InChI is InChI=1S/C12H20.C10H14/c1-5-8-10-12(7-3)11(4)9-6-2;1-4-10-7-8(2)5-6-9(10)3/h5,7-8,10-11H,1,6,9H2,2-4H3;5-7H,4H2,1-3H3/b10-8-,12-7+;. The number of aryl methyl sites for hydroxylation is 3. The number of rotatable bonds is 6. The zero-order chi connectivity index (χ0) is 17.0. The molecule has 0 nitrogen and oxygen atoms in total. The van der Waals surface area contributed by atoms with Crippen molar-refractivity contribution >= 4 is 0 Å². The molecule has 0 aromatic heterocycles. The smallest absolute Gasteiger partial charge is 0.0194 e. The minimum Gasteiger partial charge on any atom is -0.0991 e. The number of hydrogen-bond acceptors (Lipinski definition) is 0. The highest BCUT2D eigenvalue weighted by Crippen LogP contribution is 2.17. The van der Waals surface area contributed by atoms with Gasteiger partial charge in [-0.1, -0.05) is 81.8 Å². The van der Waals surface area contributed by atoms with Crippen LogP contribution in [-0.2, 0) is 6.42 Å². The normalized spacial score (nSPS) is 12.7. The molecule has 0 heterocycles. The van der Waals surface area contributed by atoms with Crippen LogP contribution in [0.1, 0.15) is 57.2 Å². The van der Waals surface area contributed by atoms with Gasteiger partial charge in [0.15, 0.2) is 0 Å². The summed E-state index contributed by atoms with van der Waals surface area (Å²) in [5, 5.41) is 0. The lowest BCUT2D eigenvalue weighted by Crippen LogP contribution is -1.95. The van der Waals surface area contributed by atoms with E-state index in [0.717, 1.165) is 6.42 Å². The molecule has 0 N–H and O–H groups in total. The third-order valence-corrected chi connectivity index (χ3v) is 3.93. The molecule has 0 aliphatic heterocycles. The Morgan fingerprint density at radius 1 is 1.23 bits per heavy atom. The highest BCUT2D eigenvalue weighted by atomic mass is 14.1. The maximum Gasteiger partial charge on any atom is -0.0194 e. The lowest BCUT2D eigenvalue weighted by Gasteiger charge is -2.10. The van der Waals surface area contributed by atoms with Crippen LogP contribution in [0.25, 0.3) is 0 Å². The summed E-state index contributed by atoms with van der Waals surface area (Å²) in [7, 11) is 0. The Bertz CT molecular complexity index is 489. The molecule has 0 radical (unpaired) electrons. The van der Waals surface area contributed by atoms with E-state index in [1.807, 2.05) is 12.2 Å². The molecule has 0 fully saturated rings. The molecule has 1 aromatic rings. The molecule has 0 aliphatic carbocycles. The Morgan fingerprint density at radius 3 is 2.36 bits per heavy atom. The van der Waals surface area contributed by atoms with Crippen molar-refractivity contribution in [1.82, 2.24) is 0 Å². The van der Waals surface area contributed by atoms with E-state index in [1.165, 1.54) is 35.1 Å². The fourth-order valence-corrected chi connectivity index (χ4v) is 2.50. The van der Waals surface area contributed by atoms with Gasteiger partial charge in [-0.25, -0.2) is 0 Å². The van der Waals surface area contributed by atoms with Gasteiger partial charge in [-0.3, -0.25) is 0 Å². The first-order chi connectivity index (χ1) is 10.5. The second kappa shape index (κ2) is 12.0. The summed E-state index contributed by atoms with van der Waals surface area (Å²) in [5.74, 6) is 0.677. The molecule has 1 rings (SSSR count). The Morgan fingerprint density at radius 2 is 1.91 bits per heavy atom. The second-order valence-corrected chi connectivity index (χ2v) is 5.86. The van der Waals surface area contributed by atoms with Gasteiger partial charge in [0.25, 0.3) is 0 Å². The zero-order valence-corrected chi connectivity index (χ0v) is 15.4. The SMILES string of the molecule is C=C/C=C\C(=C/C)C(C)CCC.CCc1cc(C)ccc1C. The Hall–Kier alpha value is -1.56. The van der Waals surface area contributed by atoms with Crippen LogP contribution in [0.15, 0.2) is 54.7 Å². The van der Waals surface area contributed by atoms with Gasteiger partial charge in [0.2, 0.25) is 0 Å². The van der Waals surface area contributed by atoms with E-state index in [2.05, 4.69) is 78.5 Å². The average molecular weight is 299 g/mol. The maximum atomic E-state index is 3.66. The Balaban J connectivity index is 0.000000406. The van der Waals surface area contributed by atoms with E-state index in [4.69, 9.17) is 0 Å². The summed E-state index contributed by atoms with van der Waals surface area (Å²) in [4.78, 5) is 0. The van der Waals surface area contributed by atoms with E-state index < -0.39 is 0 Å². The van der Waals surface area contributed by atoms with Gasteiger partial charge in [0.05, 0.1) is 0 Å². The number of allylic oxidation sites excluding steroid dienone is 5. The van der Waals surface area contributed by atoms with Crippen LogP contribution in [0.4, 0.5) is 0 Å². The molecule has 0 amide bonds. The van der Waals surface area contributed by atoms with Gasteiger partial charge >= 0.3 is 0 Å². The molecule has 0 spiro atoms. The van der Waals surface area contributed by atoms with Gasteiger partial charge in [0.1, 0.15) is 0 Å². The molecule has 1 aromatic carbocycles. The molecule has 122 valence electrons. The predicted octanol–water partition coefficient (Wildman–Crippen LogP) is 6.98. The first-order valence-corrected chi connectivity index (χ1v) is 8.51.